The molecule has 0 aromatic heterocycles. The third kappa shape index (κ3) is 2.99. The number of hydrogen-bond donors (Lipinski definition) is 0. The van der Waals surface area contributed by atoms with Crippen LogP contribution in [0.4, 0.5) is 13.2 Å². The molecule has 2 aromatic rings. The van der Waals surface area contributed by atoms with Gasteiger partial charge in [-0.25, -0.2) is 0 Å². The first-order valence-corrected chi connectivity index (χ1v) is 5.89. The molecule has 0 saturated heterocycles. The zero-order valence-electron chi connectivity index (χ0n) is 9.84. The number of halogens is 4. The van der Waals surface area contributed by atoms with Crippen molar-refractivity contribution < 1.29 is 13.2 Å². The van der Waals surface area contributed by atoms with Gasteiger partial charge in [-0.15, -0.1) is 0 Å². The van der Waals surface area contributed by atoms with Crippen LogP contribution in [0.1, 0.15) is 5.56 Å². The van der Waals surface area contributed by atoms with Crippen LogP contribution in [0.15, 0.2) is 55.1 Å². The van der Waals surface area contributed by atoms with Crippen LogP contribution in [-0.4, -0.2) is 6.18 Å². The minimum absolute atomic E-state index is 0.00574. The molecule has 0 aliphatic carbocycles. The van der Waals surface area contributed by atoms with E-state index in [0.29, 0.717) is 11.1 Å². The SMILES string of the molecule is C=C(c1cc(Cl)ccc1-c1ccccc1)C(F)(F)F. The first-order valence-electron chi connectivity index (χ1n) is 5.51. The highest BCUT2D eigenvalue weighted by molar-refractivity contribution is 6.30. The molecule has 0 bridgehead atoms. The standard InChI is InChI=1S/C15H10ClF3/c1-10(15(17,18)19)14-9-12(16)7-8-13(14)11-5-3-2-4-6-11/h2-9H,1H2. The lowest BCUT2D eigenvalue weighted by molar-refractivity contribution is -0.0686. The predicted molar refractivity (Wildman–Crippen MR) is 72.0 cm³/mol. The van der Waals surface area contributed by atoms with Gasteiger partial charge in [0.05, 0.1) is 5.57 Å². The monoisotopic (exact) mass is 282 g/mol. The molecule has 0 nitrogen and oxygen atoms in total. The average Bonchev–Trinajstić information content (AvgIpc) is 2.37. The Labute approximate surface area is 114 Å². The second-order valence-electron chi connectivity index (χ2n) is 4.03. The maximum atomic E-state index is 12.8. The Bertz CT molecular complexity index is 601. The Kier molecular flexibility index (Phi) is 3.67. The van der Waals surface area contributed by atoms with Gasteiger partial charge < -0.3 is 0 Å². The van der Waals surface area contributed by atoms with Crippen LogP contribution in [-0.2, 0) is 0 Å². The molecule has 0 heterocycles. The van der Waals surface area contributed by atoms with Crippen LogP contribution in [0.25, 0.3) is 16.7 Å². The van der Waals surface area contributed by atoms with Crippen LogP contribution in [0.5, 0.6) is 0 Å². The van der Waals surface area contributed by atoms with E-state index in [1.54, 1.807) is 42.5 Å². The van der Waals surface area contributed by atoms with Gasteiger partial charge >= 0.3 is 6.18 Å². The molecule has 0 amide bonds. The summed E-state index contributed by atoms with van der Waals surface area (Å²) in [5.74, 6) is 0. The molecule has 0 N–H and O–H groups in total. The molecule has 0 aliphatic heterocycles. The lowest BCUT2D eigenvalue weighted by Crippen LogP contribution is -2.10. The summed E-state index contributed by atoms with van der Waals surface area (Å²) < 4.78 is 38.5. The highest BCUT2D eigenvalue weighted by Crippen LogP contribution is 2.38. The van der Waals surface area contributed by atoms with Crippen molar-refractivity contribution in [2.45, 2.75) is 6.18 Å². The molecule has 0 radical (unpaired) electrons. The molecular weight excluding hydrogens is 273 g/mol. The number of rotatable bonds is 2. The number of alkyl halides is 3. The molecule has 98 valence electrons. The average molecular weight is 283 g/mol. The molecule has 4 heteroatoms. The summed E-state index contributed by atoms with van der Waals surface area (Å²) in [6.07, 6.45) is -4.48. The van der Waals surface area contributed by atoms with Crippen molar-refractivity contribution in [2.24, 2.45) is 0 Å². The maximum absolute atomic E-state index is 12.8. The molecule has 2 aromatic carbocycles. The van der Waals surface area contributed by atoms with E-state index in [-0.39, 0.29) is 10.6 Å². The van der Waals surface area contributed by atoms with Gasteiger partial charge in [0.2, 0.25) is 0 Å². The first-order chi connectivity index (χ1) is 8.89. The van der Waals surface area contributed by atoms with Gasteiger partial charge in [0, 0.05) is 5.02 Å². The predicted octanol–water partition coefficient (Wildman–Crippen LogP) is 5.58. The summed E-state index contributed by atoms with van der Waals surface area (Å²) >= 11 is 5.79. The van der Waals surface area contributed by atoms with E-state index in [2.05, 4.69) is 6.58 Å². The third-order valence-corrected chi connectivity index (χ3v) is 2.97. The highest BCUT2D eigenvalue weighted by atomic mass is 35.5. The van der Waals surface area contributed by atoms with E-state index in [4.69, 9.17) is 11.6 Å². The summed E-state index contributed by atoms with van der Waals surface area (Å²) in [4.78, 5) is 0. The molecule has 0 unspecified atom stereocenters. The van der Waals surface area contributed by atoms with E-state index in [1.807, 2.05) is 0 Å². The van der Waals surface area contributed by atoms with Crippen molar-refractivity contribution in [3.63, 3.8) is 0 Å². The van der Waals surface area contributed by atoms with Crippen LogP contribution in [0, 0.1) is 0 Å². The molecular formula is C15H10ClF3. The van der Waals surface area contributed by atoms with Gasteiger partial charge in [-0.2, -0.15) is 13.2 Å². The largest absolute Gasteiger partial charge is 0.416 e. The summed E-state index contributed by atoms with van der Waals surface area (Å²) in [5, 5.41) is 0.250. The fraction of sp³-hybridized carbons (Fsp3) is 0.0667. The van der Waals surface area contributed by atoms with Crippen molar-refractivity contribution in [3.8, 4) is 11.1 Å². The fourth-order valence-electron chi connectivity index (χ4n) is 1.79. The van der Waals surface area contributed by atoms with Crippen LogP contribution >= 0.6 is 11.6 Å². The lowest BCUT2D eigenvalue weighted by atomic mass is 9.95. The Balaban J connectivity index is 2.60. The van der Waals surface area contributed by atoms with E-state index >= 15 is 0 Å². The van der Waals surface area contributed by atoms with Crippen molar-refractivity contribution in [2.75, 3.05) is 0 Å². The van der Waals surface area contributed by atoms with Crippen molar-refractivity contribution in [3.05, 3.63) is 65.7 Å². The van der Waals surface area contributed by atoms with Gasteiger partial charge in [0.15, 0.2) is 0 Å². The number of benzene rings is 2. The fourth-order valence-corrected chi connectivity index (χ4v) is 1.96. The minimum Gasteiger partial charge on any atom is -0.166 e. The number of hydrogen-bond acceptors (Lipinski definition) is 0. The van der Waals surface area contributed by atoms with Gasteiger partial charge in [0.1, 0.15) is 0 Å². The molecule has 0 atom stereocenters. The molecule has 0 spiro atoms. The second kappa shape index (κ2) is 5.10. The maximum Gasteiger partial charge on any atom is 0.416 e. The minimum atomic E-state index is -4.48. The third-order valence-electron chi connectivity index (χ3n) is 2.73. The van der Waals surface area contributed by atoms with Gasteiger partial charge in [-0.1, -0.05) is 54.6 Å². The molecule has 2 rings (SSSR count). The first kappa shape index (κ1) is 13.7. The van der Waals surface area contributed by atoms with E-state index in [1.165, 1.54) is 6.07 Å². The topological polar surface area (TPSA) is 0 Å². The van der Waals surface area contributed by atoms with Gasteiger partial charge in [-0.05, 0) is 28.8 Å². The smallest absolute Gasteiger partial charge is 0.166 e. The van der Waals surface area contributed by atoms with Crippen molar-refractivity contribution in [1.82, 2.24) is 0 Å². The second-order valence-corrected chi connectivity index (χ2v) is 4.47. The zero-order valence-corrected chi connectivity index (χ0v) is 10.6. The molecule has 0 aliphatic rings. The summed E-state index contributed by atoms with van der Waals surface area (Å²) in [6, 6.07) is 13.3. The van der Waals surface area contributed by atoms with Gasteiger partial charge in [0.25, 0.3) is 0 Å². The molecule has 19 heavy (non-hydrogen) atoms. The lowest BCUT2D eigenvalue weighted by Gasteiger charge is -2.15. The molecule has 0 fully saturated rings. The summed E-state index contributed by atoms with van der Waals surface area (Å²) in [6.45, 7) is 3.14. The van der Waals surface area contributed by atoms with E-state index in [0.717, 1.165) is 0 Å². The molecule has 0 saturated carbocycles. The zero-order chi connectivity index (χ0) is 14.0. The van der Waals surface area contributed by atoms with Gasteiger partial charge in [-0.3, -0.25) is 0 Å². The Morgan fingerprint density at radius 2 is 1.63 bits per heavy atom. The van der Waals surface area contributed by atoms with Crippen LogP contribution in [0.3, 0.4) is 0 Å². The Morgan fingerprint density at radius 3 is 2.21 bits per heavy atom. The summed E-state index contributed by atoms with van der Waals surface area (Å²) in [5.41, 5.74) is 0.270. The highest BCUT2D eigenvalue weighted by Gasteiger charge is 2.34. The normalized spacial score (nSPS) is 11.4. The van der Waals surface area contributed by atoms with Crippen molar-refractivity contribution >= 4 is 17.2 Å². The quantitative estimate of drug-likeness (QED) is 0.674. The number of allylic oxidation sites excluding steroid dienone is 1. The summed E-state index contributed by atoms with van der Waals surface area (Å²) in [7, 11) is 0. The van der Waals surface area contributed by atoms with E-state index in [9.17, 15) is 13.2 Å². The van der Waals surface area contributed by atoms with Crippen molar-refractivity contribution in [1.29, 1.82) is 0 Å². The van der Waals surface area contributed by atoms with Crippen LogP contribution in [0.2, 0.25) is 5.02 Å². The Morgan fingerprint density at radius 1 is 1.00 bits per heavy atom. The van der Waals surface area contributed by atoms with Crippen LogP contribution < -0.4 is 0 Å². The Hall–Kier alpha value is -1.74. The van der Waals surface area contributed by atoms with E-state index < -0.39 is 11.7 Å².